The van der Waals surface area contributed by atoms with Gasteiger partial charge >= 0.3 is 6.18 Å². The van der Waals surface area contributed by atoms with Gasteiger partial charge in [0.15, 0.2) is 6.10 Å². The molecule has 0 spiro atoms. The van der Waals surface area contributed by atoms with E-state index in [0.29, 0.717) is 23.2 Å². The van der Waals surface area contributed by atoms with Gasteiger partial charge in [0.2, 0.25) is 11.8 Å². The highest BCUT2D eigenvalue weighted by Gasteiger charge is 2.46. The van der Waals surface area contributed by atoms with Crippen molar-refractivity contribution in [2.24, 2.45) is 5.92 Å². The maximum absolute atomic E-state index is 13.6. The lowest BCUT2D eigenvalue weighted by molar-refractivity contribution is -0.227. The van der Waals surface area contributed by atoms with Crippen molar-refractivity contribution >= 4 is 36.4 Å². The molecule has 50 heavy (non-hydrogen) atoms. The smallest absolute Gasteiger partial charge is 0.414 e. The van der Waals surface area contributed by atoms with Crippen molar-refractivity contribution in [3.8, 4) is 0 Å². The minimum Gasteiger partial charge on any atom is -0.598 e. The molecular weight excluding hydrogens is 700 g/mol. The van der Waals surface area contributed by atoms with Gasteiger partial charge in [-0.25, -0.2) is 13.8 Å². The molecule has 0 bridgehead atoms. The lowest BCUT2D eigenvalue weighted by Gasteiger charge is -2.34. The molecule has 1 amide bonds. The molecule has 1 aromatic heterocycles. The third-order valence-electron chi connectivity index (χ3n) is 8.85. The van der Waals surface area contributed by atoms with Crippen LogP contribution in [0.5, 0.6) is 0 Å². The maximum Gasteiger partial charge on any atom is 0.414 e. The average molecular weight is 753 g/mol. The van der Waals surface area contributed by atoms with Crippen molar-refractivity contribution in [3.63, 3.8) is 0 Å². The topological polar surface area (TPSA) is 110 Å². The predicted molar refractivity (Wildman–Crippen MR) is 186 cm³/mol. The van der Waals surface area contributed by atoms with E-state index in [9.17, 15) is 31.3 Å². The van der Waals surface area contributed by atoms with Crippen LogP contribution in [-0.4, -0.2) is 76.5 Å². The first-order valence-corrected chi connectivity index (χ1v) is 22.1. The zero-order valence-corrected chi connectivity index (χ0v) is 32.1. The number of carbonyl (C=O) groups is 1. The van der Waals surface area contributed by atoms with Gasteiger partial charge < -0.3 is 28.6 Å². The lowest BCUT2D eigenvalue weighted by Crippen LogP contribution is -2.47. The van der Waals surface area contributed by atoms with Gasteiger partial charge in [0.05, 0.1) is 35.9 Å². The van der Waals surface area contributed by atoms with Crippen LogP contribution in [-0.2, 0) is 37.1 Å². The summed E-state index contributed by atoms with van der Waals surface area (Å²) in [6.45, 7) is 15.0. The minimum absolute atomic E-state index is 0.0161. The highest BCUT2D eigenvalue weighted by atomic mass is 32.2. The van der Waals surface area contributed by atoms with Gasteiger partial charge in [0.25, 0.3) is 0 Å². The Labute approximate surface area is 296 Å². The predicted octanol–water partition coefficient (Wildman–Crippen LogP) is 7.57. The Morgan fingerprint density at radius 2 is 1.82 bits per heavy atom. The van der Waals surface area contributed by atoms with Crippen molar-refractivity contribution < 1.29 is 45.5 Å². The molecule has 0 radical (unpaired) electrons. The number of alkyl halides is 5. The second-order valence-electron chi connectivity index (χ2n) is 16.0. The van der Waals surface area contributed by atoms with E-state index < -0.39 is 60.6 Å². The fourth-order valence-electron chi connectivity index (χ4n) is 5.55. The van der Waals surface area contributed by atoms with Crippen molar-refractivity contribution in [2.45, 2.75) is 146 Å². The summed E-state index contributed by atoms with van der Waals surface area (Å²) < 4.78 is 103. The quantitative estimate of drug-likeness (QED) is 0.0700. The van der Waals surface area contributed by atoms with E-state index >= 15 is 0 Å². The molecule has 2 aliphatic carbocycles. The number of hydrogen-bond donors (Lipinski definition) is 2. The van der Waals surface area contributed by atoms with E-state index in [-0.39, 0.29) is 56.4 Å². The number of fused-ring (bicyclic) bond motifs is 1. The summed E-state index contributed by atoms with van der Waals surface area (Å²) in [5, 5.41) is 2.96. The standard InChI is InChI=1S/C34H53F5N4O5SSi/c1-21(48-22(2)34(37,38)39)30(42-49(45)32(3,4)5)31-41-26-16-24(9-12-28(26)43(31)20-46-13-14-50(6,7)8)27(19-47-25-10-11-25)40-29(44)15-23-17-33(35,36)18-23/h9,12,16,21-23,25,27,30,42H,10-11,13-15,17-20H2,1-8H3,(H,40,44)/t21-,22-,27-,30+,49?/m1/s1. The first-order valence-electron chi connectivity index (χ1n) is 17.3. The lowest BCUT2D eigenvalue weighted by atomic mass is 9.79. The first-order chi connectivity index (χ1) is 23.0. The molecule has 284 valence electrons. The Hall–Kier alpha value is -1.82. The number of rotatable bonds is 18. The van der Waals surface area contributed by atoms with Crippen LogP contribution in [0.2, 0.25) is 25.7 Å². The van der Waals surface area contributed by atoms with Crippen LogP contribution in [0, 0.1) is 5.92 Å². The number of imidazole rings is 1. The molecule has 1 unspecified atom stereocenters. The fraction of sp³-hybridized carbons (Fsp3) is 0.765. The van der Waals surface area contributed by atoms with Gasteiger partial charge in [-0.3, -0.25) is 4.79 Å². The van der Waals surface area contributed by atoms with Crippen molar-refractivity contribution in [1.82, 2.24) is 19.6 Å². The number of aromatic nitrogens is 2. The molecule has 16 heteroatoms. The molecule has 2 saturated carbocycles. The van der Waals surface area contributed by atoms with Gasteiger partial charge in [0, 0.05) is 45.3 Å². The Morgan fingerprint density at radius 1 is 1.16 bits per heavy atom. The Kier molecular flexibility index (Phi) is 13.1. The Bertz CT molecular complexity index is 1440. The van der Waals surface area contributed by atoms with E-state index in [0.717, 1.165) is 25.8 Å². The van der Waals surface area contributed by atoms with E-state index in [1.54, 1.807) is 37.5 Å². The van der Waals surface area contributed by atoms with Crippen LogP contribution in [0.4, 0.5) is 22.0 Å². The molecule has 2 aliphatic rings. The molecule has 0 aliphatic heterocycles. The van der Waals surface area contributed by atoms with Gasteiger partial charge in [0.1, 0.15) is 23.3 Å². The van der Waals surface area contributed by atoms with Crippen LogP contribution in [0.3, 0.4) is 0 Å². The number of ether oxygens (including phenoxy) is 3. The summed E-state index contributed by atoms with van der Waals surface area (Å²) in [7, 11) is -1.44. The normalized spacial score (nSPS) is 20.3. The second kappa shape index (κ2) is 16.0. The van der Waals surface area contributed by atoms with Crippen LogP contribution in [0.15, 0.2) is 18.2 Å². The van der Waals surface area contributed by atoms with E-state index in [1.807, 2.05) is 6.07 Å². The maximum atomic E-state index is 13.6. The minimum atomic E-state index is -4.61. The second-order valence-corrected chi connectivity index (χ2v) is 23.6. The first kappa shape index (κ1) is 40.9. The Morgan fingerprint density at radius 3 is 2.38 bits per heavy atom. The van der Waals surface area contributed by atoms with Crippen LogP contribution >= 0.6 is 0 Å². The molecule has 9 nitrogen and oxygen atoms in total. The van der Waals surface area contributed by atoms with Crippen molar-refractivity contribution in [3.05, 3.63) is 29.6 Å². The number of amides is 1. The third kappa shape index (κ3) is 11.9. The summed E-state index contributed by atoms with van der Waals surface area (Å²) in [5.74, 6) is -3.18. The number of carbonyl (C=O) groups excluding carboxylic acids is 1. The fourth-order valence-corrected chi connectivity index (χ4v) is 7.19. The van der Waals surface area contributed by atoms with Crippen molar-refractivity contribution in [1.29, 1.82) is 0 Å². The van der Waals surface area contributed by atoms with Crippen LogP contribution in [0.25, 0.3) is 11.0 Å². The van der Waals surface area contributed by atoms with Crippen LogP contribution in [0.1, 0.15) is 90.2 Å². The van der Waals surface area contributed by atoms with Gasteiger partial charge in [-0.2, -0.15) is 13.2 Å². The third-order valence-corrected chi connectivity index (χ3v) is 12.1. The highest BCUT2D eigenvalue weighted by molar-refractivity contribution is 7.90. The molecular formula is C34H53F5N4O5SSi. The number of benzene rings is 1. The molecule has 2 fully saturated rings. The monoisotopic (exact) mass is 752 g/mol. The largest absolute Gasteiger partial charge is 0.598 e. The molecule has 4 rings (SSSR count). The number of halogens is 5. The molecule has 1 heterocycles. The van der Waals surface area contributed by atoms with Crippen molar-refractivity contribution in [2.75, 3.05) is 13.2 Å². The molecule has 1 aromatic carbocycles. The van der Waals surface area contributed by atoms with E-state index in [2.05, 4.69) is 29.7 Å². The number of nitrogens with zero attached hydrogens (tertiary/aromatic N) is 2. The molecule has 2 N–H and O–H groups in total. The van der Waals surface area contributed by atoms with Gasteiger partial charge in [-0.05, 0) is 77.1 Å². The average Bonchev–Trinajstić information content (AvgIpc) is 3.73. The van der Waals surface area contributed by atoms with E-state index in [4.69, 9.17) is 19.2 Å². The number of hydrogen-bond acceptors (Lipinski definition) is 7. The molecule has 5 atom stereocenters. The summed E-state index contributed by atoms with van der Waals surface area (Å²) in [6.07, 6.45) is -6.53. The SMILES string of the molecule is C[C@@H](O[C@H](C)C(F)(F)F)[C@H](N[S+]([O-])C(C)(C)C)c1nc2cc([C@@H](COC3CC3)NC(=O)CC3CC(F)(F)C3)ccc2n1COCC[Si](C)(C)C. The van der Waals surface area contributed by atoms with Gasteiger partial charge in [-0.15, -0.1) is 4.72 Å². The summed E-state index contributed by atoms with van der Waals surface area (Å²) in [4.78, 5) is 17.9. The molecule has 0 saturated heterocycles. The van der Waals surface area contributed by atoms with E-state index in [1.165, 1.54) is 6.92 Å². The number of nitrogens with one attached hydrogen (secondary N) is 2. The zero-order valence-electron chi connectivity index (χ0n) is 30.3. The Balaban J connectivity index is 1.70. The van der Waals surface area contributed by atoms with Gasteiger partial charge in [-0.1, -0.05) is 25.7 Å². The summed E-state index contributed by atoms with van der Waals surface area (Å²) >= 11 is -1.71. The van der Waals surface area contributed by atoms with Crippen LogP contribution < -0.4 is 10.0 Å². The zero-order chi connectivity index (χ0) is 37.2. The summed E-state index contributed by atoms with van der Waals surface area (Å²) in [6, 6.07) is 4.65. The summed E-state index contributed by atoms with van der Waals surface area (Å²) in [5.41, 5.74) is 1.75. The highest BCUT2D eigenvalue weighted by Crippen LogP contribution is 2.44. The molecule has 2 aromatic rings.